The number of hydrogen-bond donors (Lipinski definition) is 1. The van der Waals surface area contributed by atoms with E-state index in [4.69, 9.17) is 14.6 Å². The number of aliphatic carboxylic acids is 1. The highest BCUT2D eigenvalue weighted by Crippen LogP contribution is 2.39. The monoisotopic (exact) mass is 290 g/mol. The quantitative estimate of drug-likeness (QED) is 0.862. The molecule has 4 heteroatoms. The molecule has 2 rings (SSSR count). The van der Waals surface area contributed by atoms with Crippen LogP contribution < -0.4 is 4.74 Å². The summed E-state index contributed by atoms with van der Waals surface area (Å²) < 4.78 is 12.0. The molecule has 4 nitrogen and oxygen atoms in total. The van der Waals surface area contributed by atoms with Gasteiger partial charge in [-0.1, -0.05) is 12.1 Å². The highest BCUT2D eigenvalue weighted by atomic mass is 16.6. The van der Waals surface area contributed by atoms with Gasteiger partial charge in [0.2, 0.25) is 0 Å². The second-order valence-electron chi connectivity index (χ2n) is 6.52. The predicted molar refractivity (Wildman–Crippen MR) is 81.4 cm³/mol. The molecule has 1 fully saturated rings. The SMILES string of the molecule is CC1(C)CC(Oc2ccc(/C=C/C(=O)O)cc2)C(C)(C)O1. The van der Waals surface area contributed by atoms with Crippen LogP contribution in [0.1, 0.15) is 39.7 Å². The number of carbonyl (C=O) groups is 1. The molecule has 1 heterocycles. The van der Waals surface area contributed by atoms with Crippen LogP contribution in [0.5, 0.6) is 5.75 Å². The number of ether oxygens (including phenoxy) is 2. The van der Waals surface area contributed by atoms with Gasteiger partial charge in [0.25, 0.3) is 0 Å². The minimum atomic E-state index is -0.956. The molecular formula is C17H22O4. The molecule has 1 aliphatic heterocycles. The number of hydrogen-bond acceptors (Lipinski definition) is 3. The summed E-state index contributed by atoms with van der Waals surface area (Å²) in [5.74, 6) is -0.190. The summed E-state index contributed by atoms with van der Waals surface area (Å²) in [7, 11) is 0. The van der Waals surface area contributed by atoms with E-state index >= 15 is 0 Å². The molecule has 1 aromatic carbocycles. The average molecular weight is 290 g/mol. The van der Waals surface area contributed by atoms with Crippen molar-refractivity contribution >= 4 is 12.0 Å². The van der Waals surface area contributed by atoms with Crippen LogP contribution in [0.25, 0.3) is 6.08 Å². The molecule has 0 aliphatic carbocycles. The van der Waals surface area contributed by atoms with Crippen molar-refractivity contribution in [2.24, 2.45) is 0 Å². The van der Waals surface area contributed by atoms with Gasteiger partial charge in [-0.15, -0.1) is 0 Å². The van der Waals surface area contributed by atoms with Crippen LogP contribution in [-0.2, 0) is 9.53 Å². The average Bonchev–Trinajstić information content (AvgIpc) is 2.56. The molecule has 0 aromatic heterocycles. The summed E-state index contributed by atoms with van der Waals surface area (Å²) in [6, 6.07) is 7.37. The Morgan fingerprint density at radius 2 is 1.90 bits per heavy atom. The van der Waals surface area contributed by atoms with Gasteiger partial charge in [-0.3, -0.25) is 0 Å². The van der Waals surface area contributed by atoms with E-state index in [1.165, 1.54) is 0 Å². The van der Waals surface area contributed by atoms with Crippen molar-refractivity contribution < 1.29 is 19.4 Å². The standard InChI is InChI=1S/C17H22O4/c1-16(2)11-14(17(3,4)21-16)20-13-8-5-12(6-9-13)7-10-15(18)19/h5-10,14H,11H2,1-4H3,(H,18,19)/b10-7+. The van der Waals surface area contributed by atoms with Gasteiger partial charge < -0.3 is 14.6 Å². The van der Waals surface area contributed by atoms with Crippen LogP contribution in [0.3, 0.4) is 0 Å². The van der Waals surface area contributed by atoms with Crippen LogP contribution in [0.4, 0.5) is 0 Å². The second-order valence-corrected chi connectivity index (χ2v) is 6.52. The van der Waals surface area contributed by atoms with E-state index in [1.54, 1.807) is 6.08 Å². The molecule has 1 aliphatic rings. The Balaban J connectivity index is 2.05. The Morgan fingerprint density at radius 3 is 2.38 bits per heavy atom. The molecule has 0 radical (unpaired) electrons. The Kier molecular flexibility index (Phi) is 4.10. The lowest BCUT2D eigenvalue weighted by Crippen LogP contribution is -2.36. The molecule has 0 bridgehead atoms. The van der Waals surface area contributed by atoms with Crippen LogP contribution in [0.2, 0.25) is 0 Å². The zero-order valence-corrected chi connectivity index (χ0v) is 12.9. The lowest BCUT2D eigenvalue weighted by Gasteiger charge is -2.27. The van der Waals surface area contributed by atoms with Crippen molar-refractivity contribution in [2.45, 2.75) is 51.4 Å². The van der Waals surface area contributed by atoms with Crippen LogP contribution in [-0.4, -0.2) is 28.4 Å². The lowest BCUT2D eigenvalue weighted by atomic mass is 9.97. The summed E-state index contributed by atoms with van der Waals surface area (Å²) in [5, 5.41) is 8.60. The molecule has 1 N–H and O–H groups in total. The summed E-state index contributed by atoms with van der Waals surface area (Å²) in [6.07, 6.45) is 3.50. The van der Waals surface area contributed by atoms with Gasteiger partial charge in [0.1, 0.15) is 17.5 Å². The van der Waals surface area contributed by atoms with Crippen LogP contribution >= 0.6 is 0 Å². The van der Waals surface area contributed by atoms with E-state index in [-0.39, 0.29) is 17.3 Å². The van der Waals surface area contributed by atoms with E-state index in [2.05, 4.69) is 13.8 Å². The van der Waals surface area contributed by atoms with Gasteiger partial charge in [0.05, 0.1) is 5.60 Å². The third-order valence-corrected chi connectivity index (χ3v) is 3.57. The zero-order chi connectivity index (χ0) is 15.7. The molecule has 1 aromatic rings. The maximum absolute atomic E-state index is 10.5. The fourth-order valence-corrected chi connectivity index (χ4v) is 2.68. The molecule has 1 saturated heterocycles. The first-order valence-electron chi connectivity index (χ1n) is 7.06. The minimum Gasteiger partial charge on any atom is -0.487 e. The smallest absolute Gasteiger partial charge is 0.328 e. The van der Waals surface area contributed by atoms with Gasteiger partial charge in [0.15, 0.2) is 0 Å². The fraction of sp³-hybridized carbons (Fsp3) is 0.471. The normalized spacial score (nSPS) is 23.3. The fourth-order valence-electron chi connectivity index (χ4n) is 2.68. The maximum atomic E-state index is 10.5. The molecule has 1 unspecified atom stereocenters. The van der Waals surface area contributed by atoms with Crippen LogP contribution in [0.15, 0.2) is 30.3 Å². The van der Waals surface area contributed by atoms with E-state index < -0.39 is 5.97 Å². The third kappa shape index (κ3) is 4.08. The number of rotatable bonds is 4. The van der Waals surface area contributed by atoms with E-state index in [0.717, 1.165) is 23.8 Å². The van der Waals surface area contributed by atoms with Crippen molar-refractivity contribution in [1.82, 2.24) is 0 Å². The second kappa shape index (κ2) is 5.53. The van der Waals surface area contributed by atoms with E-state index in [9.17, 15) is 4.79 Å². The van der Waals surface area contributed by atoms with Gasteiger partial charge in [0, 0.05) is 12.5 Å². The molecule has 0 spiro atoms. The number of carboxylic acid groups (broad SMARTS) is 1. The molecule has 1 atom stereocenters. The maximum Gasteiger partial charge on any atom is 0.328 e. The number of carboxylic acids is 1. The van der Waals surface area contributed by atoms with E-state index in [0.29, 0.717) is 0 Å². The third-order valence-electron chi connectivity index (χ3n) is 3.57. The first-order valence-corrected chi connectivity index (χ1v) is 7.06. The Bertz CT molecular complexity index is 540. The minimum absolute atomic E-state index is 0.00656. The van der Waals surface area contributed by atoms with Crippen molar-refractivity contribution in [3.05, 3.63) is 35.9 Å². The summed E-state index contributed by atoms with van der Waals surface area (Å²) in [5.41, 5.74) is 0.316. The van der Waals surface area contributed by atoms with Gasteiger partial charge in [-0.25, -0.2) is 4.79 Å². The topological polar surface area (TPSA) is 55.8 Å². The Hall–Kier alpha value is -1.81. The van der Waals surface area contributed by atoms with Crippen molar-refractivity contribution in [3.8, 4) is 5.75 Å². The van der Waals surface area contributed by atoms with Gasteiger partial charge in [-0.05, 0) is 51.5 Å². The Labute approximate surface area is 125 Å². The van der Waals surface area contributed by atoms with Crippen molar-refractivity contribution in [3.63, 3.8) is 0 Å². The highest BCUT2D eigenvalue weighted by Gasteiger charge is 2.47. The largest absolute Gasteiger partial charge is 0.487 e. The highest BCUT2D eigenvalue weighted by molar-refractivity contribution is 5.85. The van der Waals surface area contributed by atoms with E-state index in [1.807, 2.05) is 38.1 Å². The molecule has 21 heavy (non-hydrogen) atoms. The van der Waals surface area contributed by atoms with Crippen molar-refractivity contribution in [1.29, 1.82) is 0 Å². The molecular weight excluding hydrogens is 268 g/mol. The van der Waals surface area contributed by atoms with Gasteiger partial charge >= 0.3 is 5.97 Å². The first kappa shape index (κ1) is 15.6. The van der Waals surface area contributed by atoms with Crippen molar-refractivity contribution in [2.75, 3.05) is 0 Å². The predicted octanol–water partition coefficient (Wildman–Crippen LogP) is 3.51. The molecule has 0 amide bonds. The number of benzene rings is 1. The summed E-state index contributed by atoms with van der Waals surface area (Å²) >= 11 is 0. The lowest BCUT2D eigenvalue weighted by molar-refractivity contribution is -0.131. The first-order chi connectivity index (χ1) is 9.68. The Morgan fingerprint density at radius 1 is 1.29 bits per heavy atom. The molecule has 0 saturated carbocycles. The summed E-state index contributed by atoms with van der Waals surface area (Å²) in [6.45, 7) is 8.21. The molecule has 114 valence electrons. The zero-order valence-electron chi connectivity index (χ0n) is 12.9. The van der Waals surface area contributed by atoms with Gasteiger partial charge in [-0.2, -0.15) is 0 Å². The van der Waals surface area contributed by atoms with Crippen LogP contribution in [0, 0.1) is 0 Å². The summed E-state index contributed by atoms with van der Waals surface area (Å²) in [4.78, 5) is 10.5.